The first kappa shape index (κ1) is 20.0. The van der Waals surface area contributed by atoms with Gasteiger partial charge in [-0.2, -0.15) is 5.10 Å². The summed E-state index contributed by atoms with van der Waals surface area (Å²) in [5, 5.41) is 9.39. The van der Waals surface area contributed by atoms with Crippen LogP contribution in [0.15, 0.2) is 45.9 Å². The highest BCUT2D eigenvalue weighted by Crippen LogP contribution is 2.16. The number of aryl methyl sites for hydroxylation is 1. The number of H-pyrrole nitrogens is 1. The Labute approximate surface area is 166 Å². The van der Waals surface area contributed by atoms with Gasteiger partial charge in [0.2, 0.25) is 10.0 Å². The lowest BCUT2D eigenvalue weighted by Crippen LogP contribution is -2.27. The third-order valence-corrected chi connectivity index (χ3v) is 5.92. The fraction of sp³-hybridized carbons (Fsp3) is 0.235. The number of benzene rings is 1. The highest BCUT2D eigenvalue weighted by molar-refractivity contribution is 7.89. The van der Waals surface area contributed by atoms with Crippen molar-refractivity contribution in [3.63, 3.8) is 0 Å². The first-order valence-electron chi connectivity index (χ1n) is 8.29. The molecular weight excluding hydrogens is 402 g/mol. The number of amides is 1. The molecule has 28 heavy (non-hydrogen) atoms. The molecule has 0 saturated carbocycles. The van der Waals surface area contributed by atoms with E-state index in [9.17, 15) is 13.2 Å². The maximum Gasteiger partial charge on any atom is 0.251 e. The maximum absolute atomic E-state index is 12.6. The molecule has 1 aromatic carbocycles. The lowest BCUT2D eigenvalue weighted by atomic mass is 10.1. The molecule has 11 heteroatoms. The monoisotopic (exact) mass is 421 g/mol. The van der Waals surface area contributed by atoms with Gasteiger partial charge in [-0.25, -0.2) is 13.1 Å². The van der Waals surface area contributed by atoms with Crippen LogP contribution in [0.2, 0.25) is 0 Å². The number of carbonyl (C=O) groups is 1. The molecular formula is C17H19N5O4S2. The molecule has 0 aliphatic heterocycles. The topological polar surface area (TPSA) is 122 Å². The molecule has 0 saturated heterocycles. The lowest BCUT2D eigenvalue weighted by Gasteiger charge is -2.11. The Morgan fingerprint density at radius 1 is 1.32 bits per heavy atom. The van der Waals surface area contributed by atoms with E-state index >= 15 is 0 Å². The van der Waals surface area contributed by atoms with Gasteiger partial charge in [0.1, 0.15) is 5.76 Å². The van der Waals surface area contributed by atoms with E-state index in [1.54, 1.807) is 36.7 Å². The van der Waals surface area contributed by atoms with Crippen LogP contribution in [0.3, 0.4) is 0 Å². The van der Waals surface area contributed by atoms with Crippen molar-refractivity contribution in [3.8, 4) is 0 Å². The second-order valence-corrected chi connectivity index (χ2v) is 8.22. The molecule has 0 fully saturated rings. The summed E-state index contributed by atoms with van der Waals surface area (Å²) >= 11 is 5.03. The van der Waals surface area contributed by atoms with Crippen LogP contribution in [0.1, 0.15) is 27.5 Å². The van der Waals surface area contributed by atoms with Gasteiger partial charge in [-0.3, -0.25) is 9.89 Å². The van der Waals surface area contributed by atoms with Crippen LogP contribution in [-0.4, -0.2) is 29.1 Å². The summed E-state index contributed by atoms with van der Waals surface area (Å²) in [7, 11) is -2.07. The van der Waals surface area contributed by atoms with Gasteiger partial charge < -0.3 is 14.3 Å². The highest BCUT2D eigenvalue weighted by atomic mass is 32.2. The summed E-state index contributed by atoms with van der Waals surface area (Å²) in [6.07, 6.45) is 1.46. The molecule has 0 bridgehead atoms. The number of aromatic amines is 1. The SMILES string of the molecule is Cc1ccc(S(=O)(=O)NCc2ccco2)cc1C(=O)NCc1n[nH]c(=S)n1C. The molecule has 0 spiro atoms. The minimum absolute atomic E-state index is 0.00650. The largest absolute Gasteiger partial charge is 0.468 e. The number of nitrogens with zero attached hydrogens (tertiary/aromatic N) is 2. The Kier molecular flexibility index (Phi) is 5.77. The fourth-order valence-electron chi connectivity index (χ4n) is 2.47. The molecule has 9 nitrogen and oxygen atoms in total. The van der Waals surface area contributed by atoms with Gasteiger partial charge >= 0.3 is 0 Å². The summed E-state index contributed by atoms with van der Waals surface area (Å²) in [5.41, 5.74) is 0.913. The van der Waals surface area contributed by atoms with Gasteiger partial charge in [0.15, 0.2) is 10.6 Å². The van der Waals surface area contributed by atoms with Crippen LogP contribution >= 0.6 is 12.2 Å². The van der Waals surface area contributed by atoms with Crippen molar-refractivity contribution in [3.05, 3.63) is 64.1 Å². The van der Waals surface area contributed by atoms with Crippen molar-refractivity contribution in [2.45, 2.75) is 24.9 Å². The smallest absolute Gasteiger partial charge is 0.251 e. The molecule has 148 valence electrons. The molecule has 2 heterocycles. The average Bonchev–Trinajstić information content (AvgIpc) is 3.29. The van der Waals surface area contributed by atoms with Crippen LogP contribution < -0.4 is 10.0 Å². The molecule has 0 atom stereocenters. The van der Waals surface area contributed by atoms with Crippen LogP contribution in [0.4, 0.5) is 0 Å². The first-order valence-corrected chi connectivity index (χ1v) is 10.2. The van der Waals surface area contributed by atoms with Gasteiger partial charge in [-0.15, -0.1) is 0 Å². The summed E-state index contributed by atoms with van der Waals surface area (Å²) in [6.45, 7) is 1.90. The Bertz CT molecular complexity index is 1150. The van der Waals surface area contributed by atoms with Crippen molar-refractivity contribution in [1.82, 2.24) is 24.8 Å². The third kappa shape index (κ3) is 4.38. The van der Waals surface area contributed by atoms with Crippen LogP contribution in [0.25, 0.3) is 0 Å². The summed E-state index contributed by atoms with van der Waals surface area (Å²) in [5.74, 6) is 0.635. The number of carbonyl (C=O) groups excluding carboxylic acids is 1. The van der Waals surface area contributed by atoms with Crippen molar-refractivity contribution in [2.75, 3.05) is 0 Å². The number of nitrogens with one attached hydrogen (secondary N) is 3. The molecule has 3 N–H and O–H groups in total. The van der Waals surface area contributed by atoms with Crippen molar-refractivity contribution in [2.24, 2.45) is 7.05 Å². The van der Waals surface area contributed by atoms with E-state index in [-0.39, 0.29) is 23.5 Å². The number of hydrogen-bond acceptors (Lipinski definition) is 6. The van der Waals surface area contributed by atoms with E-state index < -0.39 is 15.9 Å². The molecule has 2 aromatic heterocycles. The number of rotatable bonds is 7. The summed E-state index contributed by atoms with van der Waals surface area (Å²) in [6, 6.07) is 7.73. The van der Waals surface area contributed by atoms with Crippen molar-refractivity contribution < 1.29 is 17.6 Å². The molecule has 3 rings (SSSR count). The zero-order chi connectivity index (χ0) is 20.3. The van der Waals surface area contributed by atoms with E-state index in [0.717, 1.165) is 0 Å². The summed E-state index contributed by atoms with van der Waals surface area (Å²) < 4.78 is 34.7. The predicted molar refractivity (Wildman–Crippen MR) is 103 cm³/mol. The summed E-state index contributed by atoms with van der Waals surface area (Å²) in [4.78, 5) is 12.6. The van der Waals surface area contributed by atoms with Gasteiger partial charge in [0, 0.05) is 12.6 Å². The minimum Gasteiger partial charge on any atom is -0.468 e. The Balaban J connectivity index is 1.75. The normalized spacial score (nSPS) is 11.5. The fourth-order valence-corrected chi connectivity index (χ4v) is 3.64. The van der Waals surface area contributed by atoms with Crippen LogP contribution in [-0.2, 0) is 30.2 Å². The Hall–Kier alpha value is -2.76. The Morgan fingerprint density at radius 3 is 2.75 bits per heavy atom. The highest BCUT2D eigenvalue weighted by Gasteiger charge is 2.18. The average molecular weight is 422 g/mol. The standard InChI is InChI=1S/C17H19N5O4S2/c1-11-5-6-13(28(24,25)19-9-12-4-3-7-26-12)8-14(11)16(23)18-10-15-20-21-17(27)22(15)2/h3-8,19H,9-10H2,1-2H3,(H,18,23)(H,21,27). The van der Waals surface area contributed by atoms with Gasteiger partial charge in [-0.05, 0) is 49.0 Å². The Morgan fingerprint density at radius 2 is 2.11 bits per heavy atom. The van der Waals surface area contributed by atoms with E-state index in [1.165, 1.54) is 18.4 Å². The minimum atomic E-state index is -3.80. The van der Waals surface area contributed by atoms with Gasteiger partial charge in [-0.1, -0.05) is 6.07 Å². The van der Waals surface area contributed by atoms with Crippen LogP contribution in [0, 0.1) is 11.7 Å². The third-order valence-electron chi connectivity index (χ3n) is 4.16. The first-order chi connectivity index (χ1) is 13.3. The molecule has 1 amide bonds. The van der Waals surface area contributed by atoms with E-state index in [2.05, 4.69) is 20.2 Å². The molecule has 3 aromatic rings. The number of furan rings is 1. The zero-order valence-corrected chi connectivity index (χ0v) is 16.9. The number of hydrogen-bond donors (Lipinski definition) is 3. The zero-order valence-electron chi connectivity index (χ0n) is 15.2. The number of sulfonamides is 1. The predicted octanol–water partition coefficient (Wildman–Crippen LogP) is 1.79. The second kappa shape index (κ2) is 8.09. The van der Waals surface area contributed by atoms with E-state index in [4.69, 9.17) is 16.6 Å². The second-order valence-electron chi connectivity index (χ2n) is 6.07. The van der Waals surface area contributed by atoms with Crippen molar-refractivity contribution >= 4 is 28.1 Å². The molecule has 0 aliphatic carbocycles. The van der Waals surface area contributed by atoms with Gasteiger partial charge in [0.25, 0.3) is 5.91 Å². The maximum atomic E-state index is 12.6. The van der Waals surface area contributed by atoms with E-state index in [1.807, 2.05) is 0 Å². The van der Waals surface area contributed by atoms with Crippen LogP contribution in [0.5, 0.6) is 0 Å². The number of aromatic nitrogens is 3. The molecule has 0 unspecified atom stereocenters. The molecule has 0 radical (unpaired) electrons. The lowest BCUT2D eigenvalue weighted by molar-refractivity contribution is 0.0948. The van der Waals surface area contributed by atoms with E-state index in [0.29, 0.717) is 21.9 Å². The van der Waals surface area contributed by atoms with Crippen molar-refractivity contribution in [1.29, 1.82) is 0 Å². The van der Waals surface area contributed by atoms with Gasteiger partial charge in [0.05, 0.1) is 24.2 Å². The molecule has 0 aliphatic rings. The quantitative estimate of drug-likeness (QED) is 0.500.